The molecule has 1 amide bonds. The Balaban J connectivity index is 1.65. The number of benzene rings is 2. The van der Waals surface area contributed by atoms with Crippen molar-refractivity contribution in [1.29, 1.82) is 0 Å². The molecule has 7 nitrogen and oxygen atoms in total. The molecule has 3 aliphatic heterocycles. The molecule has 3 aliphatic rings. The Bertz CT molecular complexity index is 1120. The van der Waals surface area contributed by atoms with Gasteiger partial charge < -0.3 is 19.1 Å². The normalized spacial score (nSPS) is 21.6. The third kappa shape index (κ3) is 1.78. The Morgan fingerprint density at radius 3 is 2.68 bits per heavy atom. The van der Waals surface area contributed by atoms with Gasteiger partial charge in [-0.05, 0) is 18.2 Å². The highest BCUT2D eigenvalue weighted by molar-refractivity contribution is 6.13. The molecule has 4 heterocycles. The summed E-state index contributed by atoms with van der Waals surface area (Å²) in [6, 6.07) is 11.6. The molecular formula is C21H17N3O4. The van der Waals surface area contributed by atoms with Gasteiger partial charge in [-0.2, -0.15) is 5.10 Å². The molecule has 7 heteroatoms. The van der Waals surface area contributed by atoms with E-state index in [-0.39, 0.29) is 12.5 Å². The maximum absolute atomic E-state index is 13.6. The average molecular weight is 375 g/mol. The predicted molar refractivity (Wildman–Crippen MR) is 101 cm³/mol. The van der Waals surface area contributed by atoms with Crippen LogP contribution >= 0.6 is 0 Å². The highest BCUT2D eigenvalue weighted by Gasteiger charge is 2.57. The van der Waals surface area contributed by atoms with Gasteiger partial charge >= 0.3 is 0 Å². The number of fused-ring (bicyclic) bond motifs is 5. The van der Waals surface area contributed by atoms with Crippen molar-refractivity contribution in [3.63, 3.8) is 0 Å². The van der Waals surface area contributed by atoms with Crippen molar-refractivity contribution in [2.24, 2.45) is 0 Å². The van der Waals surface area contributed by atoms with E-state index in [1.807, 2.05) is 36.4 Å². The number of amides is 1. The summed E-state index contributed by atoms with van der Waals surface area (Å²) in [6.45, 7) is 1.23. The third-order valence-electron chi connectivity index (χ3n) is 5.83. The molecule has 1 spiro atoms. The molecule has 0 saturated heterocycles. The van der Waals surface area contributed by atoms with Crippen molar-refractivity contribution in [3.05, 3.63) is 53.7 Å². The number of hydrogen-bond donors (Lipinski definition) is 1. The number of likely N-dealkylation sites (N-methyl/N-ethyl adjacent to an activating group) is 1. The Hall–Kier alpha value is -3.48. The monoisotopic (exact) mass is 375 g/mol. The molecule has 0 radical (unpaired) electrons. The van der Waals surface area contributed by atoms with E-state index in [4.69, 9.17) is 14.2 Å². The van der Waals surface area contributed by atoms with Crippen LogP contribution in [0.1, 0.15) is 11.1 Å². The number of carbonyl (C=O) groups is 1. The van der Waals surface area contributed by atoms with Crippen LogP contribution in [0.3, 0.4) is 0 Å². The lowest BCUT2D eigenvalue weighted by Crippen LogP contribution is -2.41. The third-order valence-corrected chi connectivity index (χ3v) is 5.83. The Kier molecular flexibility index (Phi) is 2.94. The van der Waals surface area contributed by atoms with E-state index < -0.39 is 5.41 Å². The molecule has 0 aliphatic carbocycles. The zero-order valence-corrected chi connectivity index (χ0v) is 15.2. The molecule has 3 aromatic rings. The zero-order valence-electron chi connectivity index (χ0n) is 15.2. The summed E-state index contributed by atoms with van der Waals surface area (Å²) < 4.78 is 17.5. The smallest absolute Gasteiger partial charge is 0.245 e. The van der Waals surface area contributed by atoms with Crippen LogP contribution in [0, 0.1) is 0 Å². The first-order valence-corrected chi connectivity index (χ1v) is 9.19. The second-order valence-corrected chi connectivity index (χ2v) is 7.21. The number of aromatic nitrogens is 2. The molecule has 2 aromatic carbocycles. The predicted octanol–water partition coefficient (Wildman–Crippen LogP) is 2.50. The summed E-state index contributed by atoms with van der Waals surface area (Å²) in [5, 5.41) is 7.22. The van der Waals surface area contributed by atoms with Crippen molar-refractivity contribution in [3.8, 4) is 28.5 Å². The molecule has 0 bridgehead atoms. The van der Waals surface area contributed by atoms with E-state index in [1.54, 1.807) is 18.1 Å². The Morgan fingerprint density at radius 1 is 1.07 bits per heavy atom. The number of anilines is 1. The standard InChI is InChI=1S/C21H17N3O4/c1-24-15-4-2-3-12(14-5-6-22-23-14)19(15)21(20(24)25)11-28-16-10-18-17(9-13(16)21)26-7-8-27-18/h2-6,9-10H,7-8,11H2,1H3,(H,22,23). The van der Waals surface area contributed by atoms with Gasteiger partial charge in [0.25, 0.3) is 0 Å². The van der Waals surface area contributed by atoms with Gasteiger partial charge in [0.1, 0.15) is 31.0 Å². The Labute approximate surface area is 160 Å². The number of nitrogens with one attached hydrogen (secondary N) is 1. The summed E-state index contributed by atoms with van der Waals surface area (Å²) in [6.07, 6.45) is 1.78. The van der Waals surface area contributed by atoms with Crippen molar-refractivity contribution in [1.82, 2.24) is 10.2 Å². The van der Waals surface area contributed by atoms with E-state index in [2.05, 4.69) is 10.2 Å². The molecule has 0 fully saturated rings. The van der Waals surface area contributed by atoms with Crippen molar-refractivity contribution >= 4 is 11.6 Å². The van der Waals surface area contributed by atoms with Crippen LogP contribution in [0.4, 0.5) is 5.69 Å². The molecule has 1 aromatic heterocycles. The average Bonchev–Trinajstić information content (AvgIpc) is 3.43. The lowest BCUT2D eigenvalue weighted by Gasteiger charge is -2.24. The second kappa shape index (κ2) is 5.28. The molecular weight excluding hydrogens is 358 g/mol. The quantitative estimate of drug-likeness (QED) is 0.707. The minimum Gasteiger partial charge on any atom is -0.491 e. The highest BCUT2D eigenvalue weighted by Crippen LogP contribution is 2.56. The van der Waals surface area contributed by atoms with Crippen molar-refractivity contribution in [2.75, 3.05) is 31.8 Å². The molecule has 1 N–H and O–H groups in total. The first-order chi connectivity index (χ1) is 13.7. The molecule has 140 valence electrons. The SMILES string of the molecule is CN1C(=O)C2(COc3cc4c(cc32)OCCO4)c2c(-c3cc[nH]n3)cccc21. The topological polar surface area (TPSA) is 76.7 Å². The van der Waals surface area contributed by atoms with Crippen LogP contribution < -0.4 is 19.1 Å². The van der Waals surface area contributed by atoms with Crippen LogP contribution in [0.15, 0.2) is 42.6 Å². The summed E-state index contributed by atoms with van der Waals surface area (Å²) >= 11 is 0. The molecule has 1 unspecified atom stereocenters. The van der Waals surface area contributed by atoms with Gasteiger partial charge in [-0.15, -0.1) is 0 Å². The van der Waals surface area contributed by atoms with Crippen LogP contribution in [-0.4, -0.2) is 43.0 Å². The number of aromatic amines is 1. The number of hydrogen-bond acceptors (Lipinski definition) is 5. The number of nitrogens with zero attached hydrogens (tertiary/aromatic N) is 2. The fourth-order valence-corrected chi connectivity index (χ4v) is 4.57. The van der Waals surface area contributed by atoms with E-state index in [1.165, 1.54) is 0 Å². The molecule has 28 heavy (non-hydrogen) atoms. The van der Waals surface area contributed by atoms with Gasteiger partial charge in [0.15, 0.2) is 11.5 Å². The van der Waals surface area contributed by atoms with Gasteiger partial charge in [-0.3, -0.25) is 9.89 Å². The number of ether oxygens (including phenoxy) is 3. The summed E-state index contributed by atoms with van der Waals surface area (Å²) in [7, 11) is 1.81. The summed E-state index contributed by atoms with van der Waals surface area (Å²) in [4.78, 5) is 15.3. The largest absolute Gasteiger partial charge is 0.491 e. The Morgan fingerprint density at radius 2 is 1.89 bits per heavy atom. The van der Waals surface area contributed by atoms with Crippen LogP contribution in [-0.2, 0) is 10.2 Å². The van der Waals surface area contributed by atoms with Crippen LogP contribution in [0.25, 0.3) is 11.3 Å². The number of carbonyl (C=O) groups excluding carboxylic acids is 1. The van der Waals surface area contributed by atoms with E-state index in [9.17, 15) is 4.79 Å². The number of H-pyrrole nitrogens is 1. The fraction of sp³-hybridized carbons (Fsp3) is 0.238. The highest BCUT2D eigenvalue weighted by atomic mass is 16.6. The van der Waals surface area contributed by atoms with Gasteiger partial charge in [0.2, 0.25) is 5.91 Å². The minimum absolute atomic E-state index is 0.0130. The first kappa shape index (κ1) is 15.6. The fourth-order valence-electron chi connectivity index (χ4n) is 4.57. The zero-order chi connectivity index (χ0) is 18.9. The lowest BCUT2D eigenvalue weighted by atomic mass is 9.74. The first-order valence-electron chi connectivity index (χ1n) is 9.19. The second-order valence-electron chi connectivity index (χ2n) is 7.21. The summed E-state index contributed by atoms with van der Waals surface area (Å²) in [5.41, 5.74) is 3.40. The van der Waals surface area contributed by atoms with Crippen molar-refractivity contribution in [2.45, 2.75) is 5.41 Å². The summed E-state index contributed by atoms with van der Waals surface area (Å²) in [5.74, 6) is 1.95. The lowest BCUT2D eigenvalue weighted by molar-refractivity contribution is -0.121. The van der Waals surface area contributed by atoms with Crippen LogP contribution in [0.2, 0.25) is 0 Å². The maximum atomic E-state index is 13.6. The van der Waals surface area contributed by atoms with E-state index in [0.717, 1.165) is 28.1 Å². The molecule has 1 atom stereocenters. The van der Waals surface area contributed by atoms with Gasteiger partial charge in [-0.25, -0.2) is 0 Å². The molecule has 6 rings (SSSR count). The van der Waals surface area contributed by atoms with Gasteiger partial charge in [0.05, 0.1) is 5.69 Å². The number of rotatable bonds is 1. The van der Waals surface area contributed by atoms with Crippen LogP contribution in [0.5, 0.6) is 17.2 Å². The molecule has 0 saturated carbocycles. The van der Waals surface area contributed by atoms with Gasteiger partial charge in [0, 0.05) is 41.7 Å². The van der Waals surface area contributed by atoms with Gasteiger partial charge in [-0.1, -0.05) is 12.1 Å². The van der Waals surface area contributed by atoms with E-state index >= 15 is 0 Å². The maximum Gasteiger partial charge on any atom is 0.245 e. The van der Waals surface area contributed by atoms with E-state index in [0.29, 0.717) is 30.5 Å². The minimum atomic E-state index is -0.926. The van der Waals surface area contributed by atoms with Crippen molar-refractivity contribution < 1.29 is 19.0 Å².